The molecule has 7 nitrogen and oxygen atoms in total. The van der Waals surface area contributed by atoms with Gasteiger partial charge in [-0.25, -0.2) is 9.31 Å². The number of carbonyl (C=O) groups is 1. The largest absolute Gasteiger partial charge is 0.444 e. The summed E-state index contributed by atoms with van der Waals surface area (Å²) < 4.78 is 8.66. The minimum Gasteiger partial charge on any atom is -0.444 e. The van der Waals surface area contributed by atoms with Gasteiger partial charge in [0.15, 0.2) is 5.82 Å². The Bertz CT molecular complexity index is 1150. The molecular weight excluding hydrogens is 404 g/mol. The molecule has 0 saturated carbocycles. The van der Waals surface area contributed by atoms with E-state index in [1.807, 2.05) is 51.1 Å². The van der Waals surface area contributed by atoms with E-state index in [9.17, 15) is 9.59 Å². The molecule has 1 saturated heterocycles. The van der Waals surface area contributed by atoms with E-state index < -0.39 is 11.7 Å². The molecule has 1 aliphatic heterocycles. The van der Waals surface area contributed by atoms with Crippen LogP contribution in [-0.4, -0.2) is 37.3 Å². The van der Waals surface area contributed by atoms with Crippen LogP contribution in [0.3, 0.4) is 0 Å². The average molecular weight is 429 g/mol. The molecule has 2 aromatic heterocycles. The highest BCUT2D eigenvalue weighted by Crippen LogP contribution is 2.41. The highest BCUT2D eigenvalue weighted by Gasteiger charge is 2.46. The quantitative estimate of drug-likeness (QED) is 0.617. The Balaban J connectivity index is 1.90. The number of hydrogen-bond acceptors (Lipinski definition) is 4. The number of nitrogens with zero attached hydrogens (tertiary/aromatic N) is 4. The fraction of sp³-hybridized carbons (Fsp3) is 0.409. The first-order valence-electron chi connectivity index (χ1n) is 10.1. The number of benzene rings is 1. The maximum Gasteiger partial charge on any atom is 0.410 e. The third-order valence-corrected chi connectivity index (χ3v) is 5.61. The van der Waals surface area contributed by atoms with Gasteiger partial charge >= 0.3 is 6.09 Å². The molecule has 1 amide bonds. The molecule has 3 heterocycles. The summed E-state index contributed by atoms with van der Waals surface area (Å²) in [5, 5.41) is 5.07. The van der Waals surface area contributed by atoms with E-state index in [1.54, 1.807) is 21.7 Å². The second-order valence-corrected chi connectivity index (χ2v) is 8.94. The minimum absolute atomic E-state index is 0.169. The third kappa shape index (κ3) is 3.47. The molecule has 158 valence electrons. The van der Waals surface area contributed by atoms with E-state index in [0.717, 1.165) is 6.42 Å². The lowest BCUT2D eigenvalue weighted by Gasteiger charge is -2.47. The van der Waals surface area contributed by atoms with E-state index in [0.29, 0.717) is 28.6 Å². The van der Waals surface area contributed by atoms with Crippen LogP contribution in [0.5, 0.6) is 0 Å². The van der Waals surface area contributed by atoms with Crippen molar-refractivity contribution in [2.75, 3.05) is 6.54 Å². The Labute approximate surface area is 179 Å². The Morgan fingerprint density at radius 3 is 2.57 bits per heavy atom. The van der Waals surface area contributed by atoms with Crippen molar-refractivity contribution >= 4 is 23.2 Å². The van der Waals surface area contributed by atoms with Crippen LogP contribution < -0.4 is 5.56 Å². The highest BCUT2D eigenvalue weighted by molar-refractivity contribution is 6.33. The van der Waals surface area contributed by atoms with Crippen LogP contribution in [0.25, 0.3) is 11.2 Å². The SMILES string of the molecule is CC[C@H]1CN(C(=O)OC(C)(C)C)C1c1nn2ccc(Cl)c2c(=O)n1-c1ccccc1. The Morgan fingerprint density at radius 2 is 1.93 bits per heavy atom. The van der Waals surface area contributed by atoms with Crippen molar-refractivity contribution in [3.05, 3.63) is 63.8 Å². The van der Waals surface area contributed by atoms with Crippen LogP contribution in [0.1, 0.15) is 46.0 Å². The number of fused-ring (bicyclic) bond motifs is 1. The van der Waals surface area contributed by atoms with E-state index >= 15 is 0 Å². The maximum absolute atomic E-state index is 13.5. The van der Waals surface area contributed by atoms with Gasteiger partial charge in [0.05, 0.1) is 10.7 Å². The van der Waals surface area contributed by atoms with Crippen molar-refractivity contribution in [2.24, 2.45) is 5.92 Å². The zero-order valence-corrected chi connectivity index (χ0v) is 18.3. The predicted molar refractivity (Wildman–Crippen MR) is 115 cm³/mol. The molecule has 0 bridgehead atoms. The average Bonchev–Trinajstić information content (AvgIpc) is 3.02. The van der Waals surface area contributed by atoms with Gasteiger partial charge in [-0.1, -0.05) is 36.7 Å². The van der Waals surface area contributed by atoms with Gasteiger partial charge in [0, 0.05) is 18.7 Å². The maximum atomic E-state index is 13.5. The van der Waals surface area contributed by atoms with Crippen molar-refractivity contribution in [3.8, 4) is 5.69 Å². The van der Waals surface area contributed by atoms with Crippen LogP contribution in [-0.2, 0) is 4.74 Å². The summed E-state index contributed by atoms with van der Waals surface area (Å²) in [6, 6.07) is 10.6. The molecule has 0 radical (unpaired) electrons. The lowest BCUT2D eigenvalue weighted by molar-refractivity contribution is -0.0357. The number of hydrogen-bond donors (Lipinski definition) is 0. The molecular formula is C22H25ClN4O3. The van der Waals surface area contributed by atoms with E-state index in [-0.39, 0.29) is 17.5 Å². The number of ether oxygens (including phenoxy) is 1. The van der Waals surface area contributed by atoms with Crippen molar-refractivity contribution in [1.29, 1.82) is 0 Å². The summed E-state index contributed by atoms with van der Waals surface area (Å²) in [4.78, 5) is 28.0. The van der Waals surface area contributed by atoms with Crippen LogP contribution in [0.15, 0.2) is 47.4 Å². The van der Waals surface area contributed by atoms with Crippen molar-refractivity contribution < 1.29 is 9.53 Å². The molecule has 8 heteroatoms. The van der Waals surface area contributed by atoms with Gasteiger partial charge in [-0.3, -0.25) is 14.3 Å². The van der Waals surface area contributed by atoms with Crippen LogP contribution in [0, 0.1) is 5.92 Å². The first-order chi connectivity index (χ1) is 14.2. The lowest BCUT2D eigenvalue weighted by Crippen LogP contribution is -2.55. The summed E-state index contributed by atoms with van der Waals surface area (Å²) >= 11 is 6.27. The number of carbonyl (C=O) groups excluding carboxylic acids is 1. The summed E-state index contributed by atoms with van der Waals surface area (Å²) in [5.41, 5.74) is 0.104. The highest BCUT2D eigenvalue weighted by atomic mass is 35.5. The zero-order chi connectivity index (χ0) is 21.6. The van der Waals surface area contributed by atoms with Crippen molar-refractivity contribution in [1.82, 2.24) is 19.1 Å². The molecule has 0 aliphatic carbocycles. The normalized spacial score (nSPS) is 19.0. The molecule has 1 aromatic carbocycles. The summed E-state index contributed by atoms with van der Waals surface area (Å²) in [5.74, 6) is 0.665. The smallest absolute Gasteiger partial charge is 0.410 e. The fourth-order valence-corrected chi connectivity index (χ4v) is 4.08. The topological polar surface area (TPSA) is 68.8 Å². The summed E-state index contributed by atoms with van der Waals surface area (Å²) in [6.07, 6.45) is 2.10. The van der Waals surface area contributed by atoms with Crippen LogP contribution >= 0.6 is 11.6 Å². The Morgan fingerprint density at radius 1 is 1.23 bits per heavy atom. The predicted octanol–water partition coefficient (Wildman–Crippen LogP) is 4.46. The molecule has 0 spiro atoms. The molecule has 4 rings (SSSR count). The molecule has 1 unspecified atom stereocenters. The van der Waals surface area contributed by atoms with Gasteiger partial charge in [-0.2, -0.15) is 5.10 Å². The second kappa shape index (κ2) is 7.47. The van der Waals surface area contributed by atoms with E-state index in [1.165, 1.54) is 4.52 Å². The number of rotatable bonds is 3. The number of likely N-dealkylation sites (tertiary alicyclic amines) is 1. The summed E-state index contributed by atoms with van der Waals surface area (Å²) in [6.45, 7) is 8.14. The van der Waals surface area contributed by atoms with Gasteiger partial charge in [0.25, 0.3) is 5.56 Å². The van der Waals surface area contributed by atoms with Gasteiger partial charge in [0.2, 0.25) is 0 Å². The Hall–Kier alpha value is -2.80. The van der Waals surface area contributed by atoms with E-state index in [2.05, 4.69) is 6.92 Å². The molecule has 0 N–H and O–H groups in total. The standard InChI is InChI=1S/C22H25ClN4O3/c1-5-14-13-25(21(29)30-22(2,3)4)17(14)19-24-26-12-11-16(23)18(26)20(28)27(19)15-9-7-6-8-10-15/h6-12,14,17H,5,13H2,1-4H3/t14-,17?/m0/s1. The molecule has 1 aliphatic rings. The molecule has 1 fully saturated rings. The van der Waals surface area contributed by atoms with Gasteiger partial charge in [-0.05, 0) is 45.4 Å². The third-order valence-electron chi connectivity index (χ3n) is 5.31. The molecule has 3 aromatic rings. The van der Waals surface area contributed by atoms with E-state index in [4.69, 9.17) is 21.4 Å². The van der Waals surface area contributed by atoms with Crippen LogP contribution in [0.2, 0.25) is 5.02 Å². The van der Waals surface area contributed by atoms with Gasteiger partial charge in [0.1, 0.15) is 17.2 Å². The first-order valence-corrected chi connectivity index (χ1v) is 10.4. The number of amides is 1. The number of para-hydroxylation sites is 1. The molecule has 30 heavy (non-hydrogen) atoms. The minimum atomic E-state index is -0.608. The number of halogens is 1. The lowest BCUT2D eigenvalue weighted by atomic mass is 9.86. The first kappa shape index (κ1) is 20.5. The van der Waals surface area contributed by atoms with Gasteiger partial charge < -0.3 is 4.74 Å². The van der Waals surface area contributed by atoms with Crippen LogP contribution in [0.4, 0.5) is 4.79 Å². The van der Waals surface area contributed by atoms with Crippen molar-refractivity contribution in [3.63, 3.8) is 0 Å². The fourth-order valence-electron chi connectivity index (χ4n) is 3.86. The Kier molecular flexibility index (Phi) is 5.10. The zero-order valence-electron chi connectivity index (χ0n) is 17.5. The summed E-state index contributed by atoms with van der Waals surface area (Å²) in [7, 11) is 0. The second-order valence-electron chi connectivity index (χ2n) is 8.54. The number of aromatic nitrogens is 3. The van der Waals surface area contributed by atoms with Gasteiger partial charge in [-0.15, -0.1) is 0 Å². The molecule has 2 atom stereocenters. The monoisotopic (exact) mass is 428 g/mol. The van der Waals surface area contributed by atoms with Crippen molar-refractivity contribution in [2.45, 2.75) is 45.8 Å².